The number of allylic oxidation sites excluding steroid dienone is 3. The van der Waals surface area contributed by atoms with Gasteiger partial charge in [-0.05, 0) is 29.3 Å². The van der Waals surface area contributed by atoms with Crippen molar-refractivity contribution in [1.29, 1.82) is 10.7 Å². The van der Waals surface area contributed by atoms with Crippen LogP contribution in [0.25, 0.3) is 16.6 Å². The highest BCUT2D eigenvalue weighted by Crippen LogP contribution is 2.18. The lowest BCUT2D eigenvalue weighted by Crippen LogP contribution is -1.79. The fraction of sp³-hybridized carbons (Fsp3) is 0. The number of benzene rings is 2. The molecule has 0 bridgehead atoms. The normalized spacial score (nSPS) is 11.0. The number of rotatable bonds is 3. The van der Waals surface area contributed by atoms with Gasteiger partial charge in [0.25, 0.3) is 0 Å². The van der Waals surface area contributed by atoms with E-state index in [4.69, 9.17) is 5.39 Å². The molecule has 0 N–H and O–H groups in total. The maximum atomic E-state index is 9.18. The van der Waals surface area contributed by atoms with Gasteiger partial charge in [0.2, 0.25) is 5.39 Å². The molecule has 0 amide bonds. The van der Waals surface area contributed by atoms with Gasteiger partial charge in [-0.1, -0.05) is 42.5 Å². The third kappa shape index (κ3) is 3.41. The van der Waals surface area contributed by atoms with Crippen molar-refractivity contribution in [1.82, 2.24) is 0 Å². The summed E-state index contributed by atoms with van der Waals surface area (Å²) in [5.74, 6) is 0. The molecule has 0 atom stereocenters. The van der Waals surface area contributed by atoms with Crippen LogP contribution in [-0.4, -0.2) is 0 Å². The Kier molecular flexibility index (Phi) is 4.43. The zero-order chi connectivity index (χ0) is 14.2. The maximum absolute atomic E-state index is 9.18. The van der Waals surface area contributed by atoms with Crippen LogP contribution >= 0.6 is 0 Å². The summed E-state index contributed by atoms with van der Waals surface area (Å²) >= 11 is 0. The lowest BCUT2D eigenvalue weighted by Gasteiger charge is -1.95. The number of hydrogen-bond acceptors (Lipinski definition) is 2. The molecule has 0 unspecified atom stereocenters. The highest BCUT2D eigenvalue weighted by molar-refractivity contribution is 5.79. The molecule has 0 aliphatic heterocycles. The van der Waals surface area contributed by atoms with E-state index in [1.807, 2.05) is 42.5 Å². The lowest BCUT2D eigenvalue weighted by molar-refractivity contribution is 1.46. The third-order valence-electron chi connectivity index (χ3n) is 2.77. The van der Waals surface area contributed by atoms with Gasteiger partial charge in [-0.3, -0.25) is 0 Å². The molecule has 0 aliphatic rings. The number of nitriles is 1. The summed E-state index contributed by atoms with van der Waals surface area (Å²) in [7, 11) is 0. The molecule has 2 rings (SSSR count). The zero-order valence-electron chi connectivity index (χ0n) is 10.8. The summed E-state index contributed by atoms with van der Waals surface area (Å²) in [6.07, 6.45) is 5.55. The first-order valence-electron chi connectivity index (χ1n) is 6.12. The minimum Gasteiger partial charge on any atom is -0.192 e. The summed E-state index contributed by atoms with van der Waals surface area (Å²) in [5, 5.41) is 17.8. The van der Waals surface area contributed by atoms with Gasteiger partial charge < -0.3 is 0 Å². The van der Waals surface area contributed by atoms with Crippen molar-refractivity contribution in [2.75, 3.05) is 0 Å². The maximum Gasteiger partial charge on any atom is 0.385 e. The Labute approximate surface area is 117 Å². The highest BCUT2D eigenvalue weighted by atomic mass is 14.8. The highest BCUT2D eigenvalue weighted by Gasteiger charge is 2.05. The summed E-state index contributed by atoms with van der Waals surface area (Å²) in [5.41, 5.74) is 2.89. The summed E-state index contributed by atoms with van der Waals surface area (Å²) in [6.45, 7) is 0. The quantitative estimate of drug-likeness (QED) is 0.451. The molecule has 0 heterocycles. The van der Waals surface area contributed by atoms with Crippen LogP contribution in [0.2, 0.25) is 0 Å². The first-order chi connectivity index (χ1) is 9.83. The first kappa shape index (κ1) is 13.3. The molecule has 20 heavy (non-hydrogen) atoms. The minimum absolute atomic E-state index is 0.464. The number of hydrogen-bond donors (Lipinski definition) is 0. The van der Waals surface area contributed by atoms with Crippen LogP contribution in [0.15, 0.2) is 66.7 Å². The molecule has 2 aromatic carbocycles. The number of diazo groups is 1. The topological polar surface area (TPSA) is 51.9 Å². The fourth-order valence-corrected chi connectivity index (χ4v) is 1.73. The van der Waals surface area contributed by atoms with Gasteiger partial charge in [-0.15, -0.1) is 0 Å². The van der Waals surface area contributed by atoms with Crippen molar-refractivity contribution in [2.24, 2.45) is 0 Å². The molecule has 0 fully saturated rings. The smallest absolute Gasteiger partial charge is 0.192 e. The first-order valence-corrected chi connectivity index (χ1v) is 6.12. The SMILES string of the molecule is N#CC(=CC=Cc1ccccc1)c1ccc([N+]#N)cc1. The van der Waals surface area contributed by atoms with Gasteiger partial charge in [0.15, 0.2) is 4.98 Å². The second-order valence-corrected chi connectivity index (χ2v) is 4.11. The van der Waals surface area contributed by atoms with E-state index in [1.54, 1.807) is 30.3 Å². The van der Waals surface area contributed by atoms with E-state index in [-0.39, 0.29) is 0 Å². The van der Waals surface area contributed by atoms with Crippen molar-refractivity contribution in [3.8, 4) is 6.07 Å². The van der Waals surface area contributed by atoms with Crippen LogP contribution < -0.4 is 0 Å². The average Bonchev–Trinajstić information content (AvgIpc) is 2.53. The summed E-state index contributed by atoms with van der Waals surface area (Å²) in [6, 6.07) is 18.8. The standard InChI is InChI=1S/C17H12N3/c18-13-16(15-9-11-17(20-19)12-10-15)8-4-7-14-5-2-1-3-6-14/h1-12H/q+1. The molecular formula is C17H12N3+. The molecule has 0 saturated heterocycles. The molecule has 0 aromatic heterocycles. The Balaban J connectivity index is 2.20. The lowest BCUT2D eigenvalue weighted by atomic mass is 10.1. The summed E-state index contributed by atoms with van der Waals surface area (Å²) < 4.78 is 0. The monoisotopic (exact) mass is 258 g/mol. The van der Waals surface area contributed by atoms with E-state index in [9.17, 15) is 5.26 Å². The predicted molar refractivity (Wildman–Crippen MR) is 80.3 cm³/mol. The van der Waals surface area contributed by atoms with Crippen LogP contribution in [-0.2, 0) is 0 Å². The molecule has 3 nitrogen and oxygen atoms in total. The van der Waals surface area contributed by atoms with Crippen LogP contribution in [0.5, 0.6) is 0 Å². The molecule has 0 spiro atoms. The van der Waals surface area contributed by atoms with E-state index in [0.29, 0.717) is 11.3 Å². The molecule has 2 aromatic rings. The molecule has 3 heteroatoms. The molecule has 0 radical (unpaired) electrons. The Morgan fingerprint density at radius 1 is 1.00 bits per heavy atom. The van der Waals surface area contributed by atoms with E-state index in [1.165, 1.54) is 0 Å². The van der Waals surface area contributed by atoms with Crippen molar-refractivity contribution in [3.05, 3.63) is 82.9 Å². The Morgan fingerprint density at radius 3 is 2.30 bits per heavy atom. The zero-order valence-corrected chi connectivity index (χ0v) is 10.8. The predicted octanol–water partition coefficient (Wildman–Crippen LogP) is 4.79. The van der Waals surface area contributed by atoms with E-state index < -0.39 is 0 Å². The minimum atomic E-state index is 0.464. The third-order valence-corrected chi connectivity index (χ3v) is 2.77. The van der Waals surface area contributed by atoms with E-state index in [2.05, 4.69) is 11.0 Å². The second-order valence-electron chi connectivity index (χ2n) is 4.11. The Morgan fingerprint density at radius 2 is 1.70 bits per heavy atom. The Hall–Kier alpha value is -3.17. The van der Waals surface area contributed by atoms with Gasteiger partial charge in [0, 0.05) is 12.1 Å². The van der Waals surface area contributed by atoms with Crippen molar-refractivity contribution in [2.45, 2.75) is 0 Å². The van der Waals surface area contributed by atoms with Gasteiger partial charge in [-0.2, -0.15) is 5.26 Å². The fourth-order valence-electron chi connectivity index (χ4n) is 1.73. The van der Waals surface area contributed by atoms with E-state index >= 15 is 0 Å². The van der Waals surface area contributed by atoms with Gasteiger partial charge >= 0.3 is 5.69 Å². The van der Waals surface area contributed by atoms with Crippen molar-refractivity contribution in [3.63, 3.8) is 0 Å². The largest absolute Gasteiger partial charge is 0.385 e. The van der Waals surface area contributed by atoms with Crippen LogP contribution in [0, 0.1) is 16.7 Å². The summed E-state index contributed by atoms with van der Waals surface area (Å²) in [4.78, 5) is 3.08. The van der Waals surface area contributed by atoms with Crippen LogP contribution in [0.1, 0.15) is 11.1 Å². The van der Waals surface area contributed by atoms with E-state index in [0.717, 1.165) is 11.1 Å². The second kappa shape index (κ2) is 6.68. The average molecular weight is 258 g/mol. The van der Waals surface area contributed by atoms with Crippen molar-refractivity contribution >= 4 is 17.3 Å². The van der Waals surface area contributed by atoms with Crippen molar-refractivity contribution < 1.29 is 0 Å². The van der Waals surface area contributed by atoms with Gasteiger partial charge in [0.05, 0.1) is 11.6 Å². The Bertz CT molecular complexity index is 712. The van der Waals surface area contributed by atoms with Crippen LogP contribution in [0.4, 0.5) is 5.69 Å². The molecular weight excluding hydrogens is 246 g/mol. The molecule has 0 saturated carbocycles. The molecule has 94 valence electrons. The number of nitrogens with zero attached hydrogens (tertiary/aromatic N) is 3. The van der Waals surface area contributed by atoms with Gasteiger partial charge in [-0.25, -0.2) is 0 Å². The molecule has 0 aliphatic carbocycles. The van der Waals surface area contributed by atoms with Crippen LogP contribution in [0.3, 0.4) is 0 Å². The van der Waals surface area contributed by atoms with Gasteiger partial charge in [0.1, 0.15) is 0 Å².